The number of hydrogen-bond acceptors (Lipinski definition) is 3. The molecule has 0 aliphatic rings. The summed E-state index contributed by atoms with van der Waals surface area (Å²) in [6.07, 6.45) is 0. The molecule has 0 bridgehead atoms. The topological polar surface area (TPSA) is 24.5 Å². The Kier molecular flexibility index (Phi) is 7.56. The summed E-state index contributed by atoms with van der Waals surface area (Å²) >= 11 is 3.54. The average Bonchev–Trinajstić information content (AvgIpc) is 2.44. The fourth-order valence-corrected chi connectivity index (χ4v) is 2.96. The molecule has 0 spiro atoms. The van der Waals surface area contributed by atoms with Gasteiger partial charge in [0.15, 0.2) is 0 Å². The van der Waals surface area contributed by atoms with Crippen molar-refractivity contribution in [3.05, 3.63) is 28.2 Å². The molecule has 1 aromatic rings. The van der Waals surface area contributed by atoms with E-state index in [1.807, 2.05) is 6.07 Å². The molecule has 0 aliphatic heterocycles. The molecule has 0 radical (unpaired) electrons. The Morgan fingerprint density at radius 2 is 1.90 bits per heavy atom. The molecule has 2 unspecified atom stereocenters. The predicted molar refractivity (Wildman–Crippen MR) is 89.5 cm³/mol. The van der Waals surface area contributed by atoms with Crippen molar-refractivity contribution in [2.45, 2.75) is 39.8 Å². The Bertz CT molecular complexity index is 407. The standard InChI is InChI=1S/C16H27BrN2O/c1-6-19(7-2)11-12(3)18-13(4)14-8-9-16(20-5)15(17)10-14/h8-10,12-13,18H,6-7,11H2,1-5H3. The lowest BCUT2D eigenvalue weighted by Gasteiger charge is -2.26. The second kappa shape index (κ2) is 8.65. The van der Waals surface area contributed by atoms with E-state index in [4.69, 9.17) is 4.74 Å². The molecule has 0 saturated heterocycles. The van der Waals surface area contributed by atoms with Crippen LogP contribution in [0.15, 0.2) is 22.7 Å². The highest BCUT2D eigenvalue weighted by Crippen LogP contribution is 2.28. The van der Waals surface area contributed by atoms with Gasteiger partial charge in [-0.05, 0) is 60.6 Å². The summed E-state index contributed by atoms with van der Waals surface area (Å²) < 4.78 is 6.27. The van der Waals surface area contributed by atoms with E-state index in [1.165, 1.54) is 5.56 Å². The van der Waals surface area contributed by atoms with Crippen molar-refractivity contribution < 1.29 is 4.74 Å². The van der Waals surface area contributed by atoms with E-state index in [-0.39, 0.29) is 0 Å². The Morgan fingerprint density at radius 3 is 2.40 bits per heavy atom. The van der Waals surface area contributed by atoms with Gasteiger partial charge in [0.1, 0.15) is 5.75 Å². The van der Waals surface area contributed by atoms with Crippen LogP contribution in [0.4, 0.5) is 0 Å². The first kappa shape index (κ1) is 17.5. The van der Waals surface area contributed by atoms with Crippen LogP contribution in [0.3, 0.4) is 0 Å². The highest BCUT2D eigenvalue weighted by molar-refractivity contribution is 9.10. The minimum absolute atomic E-state index is 0.322. The number of likely N-dealkylation sites (N-methyl/N-ethyl adjacent to an activating group) is 1. The van der Waals surface area contributed by atoms with Crippen molar-refractivity contribution in [3.8, 4) is 5.75 Å². The fourth-order valence-electron chi connectivity index (χ4n) is 2.40. The van der Waals surface area contributed by atoms with Gasteiger partial charge < -0.3 is 15.0 Å². The first-order valence-electron chi connectivity index (χ1n) is 7.33. The van der Waals surface area contributed by atoms with E-state index >= 15 is 0 Å². The lowest BCUT2D eigenvalue weighted by molar-refractivity contribution is 0.264. The monoisotopic (exact) mass is 342 g/mol. The number of nitrogens with one attached hydrogen (secondary N) is 1. The second-order valence-corrected chi connectivity index (χ2v) is 6.02. The Labute approximate surface area is 131 Å². The lowest BCUT2D eigenvalue weighted by Crippen LogP contribution is -2.40. The third-order valence-corrected chi connectivity index (χ3v) is 4.26. The molecule has 0 aromatic heterocycles. The summed E-state index contributed by atoms with van der Waals surface area (Å²) in [7, 11) is 1.69. The van der Waals surface area contributed by atoms with Crippen molar-refractivity contribution in [1.29, 1.82) is 0 Å². The summed E-state index contributed by atoms with van der Waals surface area (Å²) in [4.78, 5) is 2.44. The maximum atomic E-state index is 5.27. The van der Waals surface area contributed by atoms with Gasteiger partial charge >= 0.3 is 0 Å². The van der Waals surface area contributed by atoms with Crippen molar-refractivity contribution >= 4 is 15.9 Å². The van der Waals surface area contributed by atoms with E-state index < -0.39 is 0 Å². The van der Waals surface area contributed by atoms with Gasteiger partial charge in [-0.15, -0.1) is 0 Å². The van der Waals surface area contributed by atoms with Crippen LogP contribution in [0.2, 0.25) is 0 Å². The molecular formula is C16H27BrN2O. The van der Waals surface area contributed by atoms with Crippen LogP contribution >= 0.6 is 15.9 Å². The molecule has 1 aromatic carbocycles. The molecule has 0 amide bonds. The van der Waals surface area contributed by atoms with Crippen LogP contribution in [0, 0.1) is 0 Å². The molecule has 0 fully saturated rings. The highest BCUT2D eigenvalue weighted by Gasteiger charge is 2.13. The number of ether oxygens (including phenoxy) is 1. The van der Waals surface area contributed by atoms with Crippen molar-refractivity contribution in [3.63, 3.8) is 0 Å². The van der Waals surface area contributed by atoms with Gasteiger partial charge in [0, 0.05) is 18.6 Å². The summed E-state index contributed by atoms with van der Waals surface area (Å²) in [5, 5.41) is 3.66. The van der Waals surface area contributed by atoms with Gasteiger partial charge in [-0.2, -0.15) is 0 Å². The van der Waals surface area contributed by atoms with E-state index in [0.29, 0.717) is 12.1 Å². The number of nitrogens with zero attached hydrogens (tertiary/aromatic N) is 1. The first-order chi connectivity index (χ1) is 9.51. The molecule has 0 saturated carbocycles. The van der Waals surface area contributed by atoms with Gasteiger partial charge in [-0.25, -0.2) is 0 Å². The van der Waals surface area contributed by atoms with Gasteiger partial charge in [0.2, 0.25) is 0 Å². The Balaban J connectivity index is 2.61. The van der Waals surface area contributed by atoms with Crippen LogP contribution in [0.25, 0.3) is 0 Å². The fraction of sp³-hybridized carbons (Fsp3) is 0.625. The maximum absolute atomic E-state index is 5.27. The summed E-state index contributed by atoms with van der Waals surface area (Å²) in [5.41, 5.74) is 1.27. The predicted octanol–water partition coefficient (Wildman–Crippen LogP) is 3.84. The minimum atomic E-state index is 0.322. The quantitative estimate of drug-likeness (QED) is 0.776. The number of halogens is 1. The second-order valence-electron chi connectivity index (χ2n) is 5.17. The minimum Gasteiger partial charge on any atom is -0.496 e. The zero-order chi connectivity index (χ0) is 15.1. The van der Waals surface area contributed by atoms with Crippen LogP contribution in [0.5, 0.6) is 5.75 Å². The van der Waals surface area contributed by atoms with E-state index in [9.17, 15) is 0 Å². The zero-order valence-corrected chi connectivity index (χ0v) is 14.8. The van der Waals surface area contributed by atoms with Gasteiger partial charge in [0.25, 0.3) is 0 Å². The van der Waals surface area contributed by atoms with Gasteiger partial charge in [-0.1, -0.05) is 19.9 Å². The van der Waals surface area contributed by atoms with Crippen LogP contribution in [-0.4, -0.2) is 37.7 Å². The summed E-state index contributed by atoms with van der Waals surface area (Å²) in [5.74, 6) is 0.872. The van der Waals surface area contributed by atoms with Crippen molar-refractivity contribution in [2.24, 2.45) is 0 Å². The van der Waals surface area contributed by atoms with E-state index in [1.54, 1.807) is 7.11 Å². The van der Waals surface area contributed by atoms with Crippen molar-refractivity contribution in [1.82, 2.24) is 10.2 Å². The molecule has 1 N–H and O–H groups in total. The molecule has 0 heterocycles. The number of hydrogen-bond donors (Lipinski definition) is 1. The first-order valence-corrected chi connectivity index (χ1v) is 8.12. The smallest absolute Gasteiger partial charge is 0.133 e. The molecule has 2 atom stereocenters. The molecule has 1 rings (SSSR count). The normalized spacial score (nSPS) is 14.3. The third kappa shape index (κ3) is 5.08. The average molecular weight is 343 g/mol. The summed E-state index contributed by atoms with van der Waals surface area (Å²) in [6.45, 7) is 12.1. The molecular weight excluding hydrogens is 316 g/mol. The zero-order valence-electron chi connectivity index (χ0n) is 13.2. The van der Waals surface area contributed by atoms with E-state index in [0.717, 1.165) is 29.9 Å². The summed E-state index contributed by atoms with van der Waals surface area (Å²) in [6, 6.07) is 7.03. The number of methoxy groups -OCH3 is 1. The third-order valence-electron chi connectivity index (χ3n) is 3.64. The van der Waals surface area contributed by atoms with Gasteiger partial charge in [0.05, 0.1) is 11.6 Å². The molecule has 114 valence electrons. The Morgan fingerprint density at radius 1 is 1.25 bits per heavy atom. The van der Waals surface area contributed by atoms with Crippen molar-refractivity contribution in [2.75, 3.05) is 26.7 Å². The maximum Gasteiger partial charge on any atom is 0.133 e. The highest BCUT2D eigenvalue weighted by atomic mass is 79.9. The molecule has 4 heteroatoms. The number of benzene rings is 1. The van der Waals surface area contributed by atoms with Gasteiger partial charge in [-0.3, -0.25) is 0 Å². The Hall–Kier alpha value is -0.580. The molecule has 3 nitrogen and oxygen atoms in total. The van der Waals surface area contributed by atoms with Crippen LogP contribution < -0.4 is 10.1 Å². The molecule has 20 heavy (non-hydrogen) atoms. The van der Waals surface area contributed by atoms with Crippen LogP contribution in [0.1, 0.15) is 39.3 Å². The number of rotatable bonds is 8. The van der Waals surface area contributed by atoms with Crippen LogP contribution in [-0.2, 0) is 0 Å². The largest absolute Gasteiger partial charge is 0.496 e. The molecule has 0 aliphatic carbocycles. The SMILES string of the molecule is CCN(CC)CC(C)NC(C)c1ccc(OC)c(Br)c1. The lowest BCUT2D eigenvalue weighted by atomic mass is 10.1. The van der Waals surface area contributed by atoms with E-state index in [2.05, 4.69) is 66.0 Å².